The molecule has 1 saturated heterocycles. The number of nitrogens with one attached hydrogen (secondary N) is 1. The van der Waals surface area contributed by atoms with Crippen molar-refractivity contribution in [2.75, 3.05) is 20.1 Å². The van der Waals surface area contributed by atoms with Gasteiger partial charge in [-0.1, -0.05) is 11.6 Å². The Hall–Kier alpha value is -4.24. The number of aromatic nitrogens is 3. The molecular formula is C32H33ClFN5O3. The third kappa shape index (κ3) is 6.79. The molecule has 10 heteroatoms. The molecule has 0 aliphatic carbocycles. The highest BCUT2D eigenvalue weighted by atomic mass is 35.5. The smallest absolute Gasteiger partial charge is 0.410 e. The Morgan fingerprint density at radius 2 is 1.86 bits per heavy atom. The van der Waals surface area contributed by atoms with Crippen molar-refractivity contribution in [2.24, 2.45) is 0 Å². The lowest BCUT2D eigenvalue weighted by Crippen LogP contribution is -2.35. The molecule has 1 aliphatic rings. The number of hydrogen-bond donors (Lipinski definition) is 1. The van der Waals surface area contributed by atoms with Crippen LogP contribution in [0.2, 0.25) is 5.02 Å². The number of benzene rings is 2. The Morgan fingerprint density at radius 3 is 2.57 bits per heavy atom. The minimum atomic E-state index is -0.574. The molecule has 2 aromatic carbocycles. The minimum absolute atomic E-state index is 0.0375. The molecule has 4 aromatic rings. The fraction of sp³-hybridized carbons (Fsp3) is 0.312. The molecule has 2 amide bonds. The van der Waals surface area contributed by atoms with E-state index in [4.69, 9.17) is 26.4 Å². The standard InChI is InChI=1S/C32H33ClFN5O3/c1-32(2,3)42-31(41)38-11-9-22(19-38)27-17-36-29(21-5-7-25(34)8-6-21)16-26(27)28-10-12-39(37-28)18-20-13-23(30(40)35-4)15-24(33)14-20/h5-8,10,12-17,22H,9,11,18-19H2,1-4H3,(H,35,40). The van der Waals surface area contributed by atoms with Gasteiger partial charge in [0.15, 0.2) is 0 Å². The quantitative estimate of drug-likeness (QED) is 0.276. The van der Waals surface area contributed by atoms with Gasteiger partial charge in [0.2, 0.25) is 0 Å². The number of pyridine rings is 1. The number of halogens is 2. The molecule has 1 aliphatic heterocycles. The van der Waals surface area contributed by atoms with Crippen molar-refractivity contribution in [2.45, 2.75) is 45.3 Å². The zero-order valence-corrected chi connectivity index (χ0v) is 24.8. The van der Waals surface area contributed by atoms with Gasteiger partial charge in [-0.2, -0.15) is 5.10 Å². The molecule has 0 radical (unpaired) electrons. The van der Waals surface area contributed by atoms with E-state index < -0.39 is 5.60 Å². The van der Waals surface area contributed by atoms with Crippen LogP contribution < -0.4 is 5.32 Å². The number of carbonyl (C=O) groups excluding carboxylic acids is 2. The summed E-state index contributed by atoms with van der Waals surface area (Å²) in [5, 5.41) is 7.95. The molecule has 1 fully saturated rings. The first-order chi connectivity index (χ1) is 20.0. The largest absolute Gasteiger partial charge is 0.444 e. The predicted molar refractivity (Wildman–Crippen MR) is 160 cm³/mol. The Morgan fingerprint density at radius 1 is 1.10 bits per heavy atom. The third-order valence-electron chi connectivity index (χ3n) is 7.06. The van der Waals surface area contributed by atoms with Crippen molar-refractivity contribution in [3.63, 3.8) is 0 Å². The number of ether oxygens (including phenoxy) is 1. The van der Waals surface area contributed by atoms with E-state index in [0.717, 1.165) is 34.4 Å². The molecule has 2 aromatic heterocycles. The second-order valence-electron chi connectivity index (χ2n) is 11.4. The lowest BCUT2D eigenvalue weighted by atomic mass is 9.92. The van der Waals surface area contributed by atoms with Crippen molar-refractivity contribution < 1.29 is 18.7 Å². The number of hydrogen-bond acceptors (Lipinski definition) is 5. The van der Waals surface area contributed by atoms with E-state index in [9.17, 15) is 14.0 Å². The lowest BCUT2D eigenvalue weighted by molar-refractivity contribution is 0.0292. The summed E-state index contributed by atoms with van der Waals surface area (Å²) in [6.07, 6.45) is 4.14. The summed E-state index contributed by atoms with van der Waals surface area (Å²) in [6.45, 7) is 7.06. The summed E-state index contributed by atoms with van der Waals surface area (Å²) in [5.41, 5.74) is 4.81. The fourth-order valence-corrected chi connectivity index (χ4v) is 5.35. The van der Waals surface area contributed by atoms with Crippen LogP contribution >= 0.6 is 11.6 Å². The van der Waals surface area contributed by atoms with Gasteiger partial charge in [0.1, 0.15) is 11.4 Å². The number of rotatable bonds is 6. The van der Waals surface area contributed by atoms with Crippen molar-refractivity contribution in [3.8, 4) is 22.5 Å². The summed E-state index contributed by atoms with van der Waals surface area (Å²) in [5.74, 6) is -0.495. The molecule has 42 heavy (non-hydrogen) atoms. The topological polar surface area (TPSA) is 89.4 Å². The Bertz CT molecular complexity index is 1610. The van der Waals surface area contributed by atoms with Gasteiger partial charge in [-0.3, -0.25) is 14.5 Å². The van der Waals surface area contributed by atoms with Crippen LogP contribution in [0, 0.1) is 5.82 Å². The van der Waals surface area contributed by atoms with Crippen molar-refractivity contribution >= 4 is 23.6 Å². The maximum absolute atomic E-state index is 13.6. The zero-order chi connectivity index (χ0) is 30.0. The van der Waals surface area contributed by atoms with Gasteiger partial charge in [-0.25, -0.2) is 9.18 Å². The first-order valence-electron chi connectivity index (χ1n) is 13.8. The van der Waals surface area contributed by atoms with Crippen LogP contribution in [0.25, 0.3) is 22.5 Å². The van der Waals surface area contributed by atoms with Gasteiger partial charge >= 0.3 is 6.09 Å². The van der Waals surface area contributed by atoms with E-state index in [1.807, 2.05) is 51.4 Å². The van der Waals surface area contributed by atoms with Crippen LogP contribution in [0.5, 0.6) is 0 Å². The van der Waals surface area contributed by atoms with E-state index in [0.29, 0.717) is 35.9 Å². The number of nitrogens with zero attached hydrogens (tertiary/aromatic N) is 4. The number of amides is 2. The highest BCUT2D eigenvalue weighted by Crippen LogP contribution is 2.36. The second kappa shape index (κ2) is 11.9. The first kappa shape index (κ1) is 29.3. The van der Waals surface area contributed by atoms with Gasteiger partial charge in [0.05, 0.1) is 17.9 Å². The van der Waals surface area contributed by atoms with Crippen LogP contribution in [-0.2, 0) is 11.3 Å². The minimum Gasteiger partial charge on any atom is -0.444 e. The molecule has 0 bridgehead atoms. The zero-order valence-electron chi connectivity index (χ0n) is 24.0. The van der Waals surface area contributed by atoms with Crippen LogP contribution in [0.4, 0.5) is 9.18 Å². The summed E-state index contributed by atoms with van der Waals surface area (Å²) in [6, 6.07) is 15.3. The van der Waals surface area contributed by atoms with Crippen LogP contribution in [0.1, 0.15) is 54.6 Å². The SMILES string of the molecule is CNC(=O)c1cc(Cl)cc(Cn2ccc(-c3cc(-c4ccc(F)cc4)ncc3C3CCN(C(=O)OC(C)(C)C)C3)n2)c1. The van der Waals surface area contributed by atoms with Crippen molar-refractivity contribution in [1.82, 2.24) is 25.0 Å². The summed E-state index contributed by atoms with van der Waals surface area (Å²) in [7, 11) is 1.58. The average Bonchev–Trinajstić information content (AvgIpc) is 3.62. The summed E-state index contributed by atoms with van der Waals surface area (Å²) in [4.78, 5) is 31.4. The molecular weight excluding hydrogens is 557 g/mol. The maximum Gasteiger partial charge on any atom is 0.410 e. The number of likely N-dealkylation sites (tertiary alicyclic amines) is 1. The lowest BCUT2D eigenvalue weighted by Gasteiger charge is -2.24. The summed E-state index contributed by atoms with van der Waals surface area (Å²) >= 11 is 6.29. The van der Waals surface area contributed by atoms with Gasteiger partial charge < -0.3 is 15.0 Å². The Kier molecular flexibility index (Phi) is 8.31. The molecule has 1 unspecified atom stereocenters. The van der Waals surface area contributed by atoms with Gasteiger partial charge in [-0.05, 0) is 92.9 Å². The molecule has 1 atom stereocenters. The maximum atomic E-state index is 13.6. The normalized spacial score (nSPS) is 15.1. The molecule has 1 N–H and O–H groups in total. The van der Waals surface area contributed by atoms with Crippen molar-refractivity contribution in [3.05, 3.63) is 94.5 Å². The van der Waals surface area contributed by atoms with Gasteiger partial charge in [0, 0.05) is 60.2 Å². The molecule has 0 spiro atoms. The van der Waals surface area contributed by atoms with Crippen LogP contribution in [-0.4, -0.2) is 57.4 Å². The van der Waals surface area contributed by atoms with E-state index >= 15 is 0 Å². The van der Waals surface area contributed by atoms with Gasteiger partial charge in [0.25, 0.3) is 5.91 Å². The first-order valence-corrected chi connectivity index (χ1v) is 14.2. The highest BCUT2D eigenvalue weighted by molar-refractivity contribution is 6.31. The van der Waals surface area contributed by atoms with Gasteiger partial charge in [-0.15, -0.1) is 0 Å². The van der Waals surface area contributed by atoms with E-state index in [-0.39, 0.29) is 23.7 Å². The Labute approximate surface area is 249 Å². The van der Waals surface area contributed by atoms with E-state index in [2.05, 4.69) is 5.32 Å². The fourth-order valence-electron chi connectivity index (χ4n) is 5.10. The molecule has 0 saturated carbocycles. The number of carbonyl (C=O) groups is 2. The predicted octanol–water partition coefficient (Wildman–Crippen LogP) is 6.54. The molecule has 5 rings (SSSR count). The van der Waals surface area contributed by atoms with Crippen LogP contribution in [0.15, 0.2) is 67.0 Å². The van der Waals surface area contributed by atoms with Crippen LogP contribution in [0.3, 0.4) is 0 Å². The third-order valence-corrected chi connectivity index (χ3v) is 7.28. The molecule has 8 nitrogen and oxygen atoms in total. The van der Waals surface area contributed by atoms with E-state index in [1.165, 1.54) is 12.1 Å². The molecule has 3 heterocycles. The van der Waals surface area contributed by atoms with Crippen molar-refractivity contribution in [1.29, 1.82) is 0 Å². The average molecular weight is 590 g/mol. The summed E-state index contributed by atoms with van der Waals surface area (Å²) < 4.78 is 21.0. The highest BCUT2D eigenvalue weighted by Gasteiger charge is 2.32. The Balaban J connectivity index is 1.47. The molecule has 218 valence electrons. The second-order valence-corrected chi connectivity index (χ2v) is 11.8. The monoisotopic (exact) mass is 589 g/mol. The van der Waals surface area contributed by atoms with E-state index in [1.54, 1.807) is 40.9 Å².